The van der Waals surface area contributed by atoms with Crippen LogP contribution in [0.5, 0.6) is 0 Å². The fourth-order valence-electron chi connectivity index (χ4n) is 2.56. The maximum Gasteiger partial charge on any atom is 0.224 e. The number of carbonyl (C=O) groups is 1. The first-order chi connectivity index (χ1) is 10.3. The van der Waals surface area contributed by atoms with Crippen molar-refractivity contribution in [2.24, 2.45) is 5.92 Å². The summed E-state index contributed by atoms with van der Waals surface area (Å²) in [5, 5.41) is 10.6. The van der Waals surface area contributed by atoms with E-state index in [9.17, 15) is 4.79 Å². The highest BCUT2D eigenvalue weighted by Gasteiger charge is 2.21. The van der Waals surface area contributed by atoms with Crippen molar-refractivity contribution in [1.82, 2.24) is 20.4 Å². The molecule has 3 rings (SSSR count). The Kier molecular flexibility index (Phi) is 4.31. The molecule has 1 aliphatic heterocycles. The van der Waals surface area contributed by atoms with E-state index in [1.165, 1.54) is 0 Å². The van der Waals surface area contributed by atoms with E-state index in [2.05, 4.69) is 15.7 Å². The van der Waals surface area contributed by atoms with Gasteiger partial charge in [0.2, 0.25) is 5.91 Å². The molecule has 1 aromatic carbocycles. The van der Waals surface area contributed by atoms with Crippen LogP contribution in [-0.2, 0) is 11.2 Å². The van der Waals surface area contributed by atoms with Gasteiger partial charge >= 0.3 is 0 Å². The summed E-state index contributed by atoms with van der Waals surface area (Å²) in [5.41, 5.74) is 2.17. The third-order valence-corrected chi connectivity index (χ3v) is 3.80. The average Bonchev–Trinajstić information content (AvgIpc) is 3.20. The molecule has 0 radical (unpaired) electrons. The fourth-order valence-corrected chi connectivity index (χ4v) is 2.56. The predicted octanol–water partition coefficient (Wildman–Crippen LogP) is 1.14. The van der Waals surface area contributed by atoms with Gasteiger partial charge in [-0.25, -0.2) is 4.68 Å². The molecule has 5 nitrogen and oxygen atoms in total. The van der Waals surface area contributed by atoms with Crippen LogP contribution in [-0.4, -0.2) is 35.3 Å². The molecule has 5 heteroatoms. The SMILES string of the molecule is O=C(NCCc1cnn(-c2ccccc2)c1)C1CCNC1. The van der Waals surface area contributed by atoms with E-state index in [-0.39, 0.29) is 11.8 Å². The van der Waals surface area contributed by atoms with Gasteiger partial charge < -0.3 is 10.6 Å². The van der Waals surface area contributed by atoms with Gasteiger partial charge in [-0.3, -0.25) is 4.79 Å². The zero-order chi connectivity index (χ0) is 14.5. The number of aromatic nitrogens is 2. The maximum atomic E-state index is 11.9. The van der Waals surface area contributed by atoms with Crippen molar-refractivity contribution in [2.75, 3.05) is 19.6 Å². The lowest BCUT2D eigenvalue weighted by Gasteiger charge is -2.08. The van der Waals surface area contributed by atoms with Crippen LogP contribution in [0.1, 0.15) is 12.0 Å². The molecule has 2 aromatic rings. The molecular weight excluding hydrogens is 264 g/mol. The highest BCUT2D eigenvalue weighted by molar-refractivity contribution is 5.79. The van der Waals surface area contributed by atoms with Crippen LogP contribution >= 0.6 is 0 Å². The number of nitrogens with zero attached hydrogens (tertiary/aromatic N) is 2. The first-order valence-corrected chi connectivity index (χ1v) is 7.40. The Bertz CT molecular complexity index is 587. The summed E-state index contributed by atoms with van der Waals surface area (Å²) in [6, 6.07) is 10.0. The highest BCUT2D eigenvalue weighted by Crippen LogP contribution is 2.09. The second kappa shape index (κ2) is 6.54. The summed E-state index contributed by atoms with van der Waals surface area (Å²) >= 11 is 0. The van der Waals surface area contributed by atoms with Gasteiger partial charge in [-0.15, -0.1) is 0 Å². The Balaban J connectivity index is 1.50. The Morgan fingerprint density at radius 1 is 1.38 bits per heavy atom. The zero-order valence-corrected chi connectivity index (χ0v) is 12.0. The number of amides is 1. The van der Waals surface area contributed by atoms with E-state index in [4.69, 9.17) is 0 Å². The van der Waals surface area contributed by atoms with Crippen LogP contribution in [0.2, 0.25) is 0 Å². The molecule has 0 saturated carbocycles. The zero-order valence-electron chi connectivity index (χ0n) is 12.0. The molecule has 1 fully saturated rings. The van der Waals surface area contributed by atoms with Crippen molar-refractivity contribution < 1.29 is 4.79 Å². The van der Waals surface area contributed by atoms with Gasteiger partial charge in [-0.1, -0.05) is 18.2 Å². The number of benzene rings is 1. The van der Waals surface area contributed by atoms with Gasteiger partial charge in [0.1, 0.15) is 0 Å². The molecule has 1 atom stereocenters. The molecule has 1 saturated heterocycles. The van der Waals surface area contributed by atoms with Crippen molar-refractivity contribution in [3.63, 3.8) is 0 Å². The van der Waals surface area contributed by atoms with Crippen LogP contribution in [0.25, 0.3) is 5.69 Å². The molecule has 2 N–H and O–H groups in total. The predicted molar refractivity (Wildman–Crippen MR) is 81.3 cm³/mol. The largest absolute Gasteiger partial charge is 0.355 e. The van der Waals surface area contributed by atoms with Crippen LogP contribution in [0, 0.1) is 5.92 Å². The van der Waals surface area contributed by atoms with Crippen LogP contribution in [0.3, 0.4) is 0 Å². The van der Waals surface area contributed by atoms with Crippen molar-refractivity contribution in [1.29, 1.82) is 0 Å². The minimum absolute atomic E-state index is 0.136. The van der Waals surface area contributed by atoms with Gasteiger partial charge in [0.15, 0.2) is 0 Å². The summed E-state index contributed by atoms with van der Waals surface area (Å²) in [6.07, 6.45) is 5.62. The average molecular weight is 284 g/mol. The van der Waals surface area contributed by atoms with Crippen molar-refractivity contribution in [3.05, 3.63) is 48.3 Å². The summed E-state index contributed by atoms with van der Waals surface area (Å²) in [6.45, 7) is 2.41. The standard InChI is InChI=1S/C16H20N4O/c21-16(14-7-8-17-11-14)18-9-6-13-10-19-20(12-13)15-4-2-1-3-5-15/h1-5,10,12,14,17H,6-9,11H2,(H,18,21). The van der Waals surface area contributed by atoms with E-state index in [1.807, 2.05) is 47.4 Å². The van der Waals surface area contributed by atoms with E-state index >= 15 is 0 Å². The molecular formula is C16H20N4O. The Hall–Kier alpha value is -2.14. The van der Waals surface area contributed by atoms with E-state index in [0.717, 1.165) is 37.2 Å². The first-order valence-electron chi connectivity index (χ1n) is 7.40. The lowest BCUT2D eigenvalue weighted by Crippen LogP contribution is -2.33. The highest BCUT2D eigenvalue weighted by atomic mass is 16.1. The fraction of sp³-hybridized carbons (Fsp3) is 0.375. The number of para-hydroxylation sites is 1. The van der Waals surface area contributed by atoms with E-state index < -0.39 is 0 Å². The van der Waals surface area contributed by atoms with Crippen LogP contribution in [0.15, 0.2) is 42.7 Å². The molecule has 0 spiro atoms. The quantitative estimate of drug-likeness (QED) is 0.865. The normalized spacial score (nSPS) is 17.8. The van der Waals surface area contributed by atoms with E-state index in [0.29, 0.717) is 6.54 Å². The minimum Gasteiger partial charge on any atom is -0.355 e. The number of rotatable bonds is 5. The van der Waals surface area contributed by atoms with Crippen LogP contribution < -0.4 is 10.6 Å². The molecule has 1 aromatic heterocycles. The smallest absolute Gasteiger partial charge is 0.224 e. The van der Waals surface area contributed by atoms with Crippen molar-refractivity contribution in [3.8, 4) is 5.69 Å². The van der Waals surface area contributed by atoms with Crippen molar-refractivity contribution >= 4 is 5.91 Å². The minimum atomic E-state index is 0.136. The summed E-state index contributed by atoms with van der Waals surface area (Å²) in [7, 11) is 0. The molecule has 0 aliphatic carbocycles. The molecule has 1 amide bonds. The lowest BCUT2D eigenvalue weighted by atomic mass is 10.1. The van der Waals surface area contributed by atoms with Gasteiger partial charge in [0.25, 0.3) is 0 Å². The second-order valence-corrected chi connectivity index (χ2v) is 5.36. The van der Waals surface area contributed by atoms with Gasteiger partial charge in [-0.2, -0.15) is 5.10 Å². The molecule has 0 bridgehead atoms. The summed E-state index contributed by atoms with van der Waals surface area (Å²) < 4.78 is 1.86. The van der Waals surface area contributed by atoms with Crippen LogP contribution in [0.4, 0.5) is 0 Å². The number of hydrogen-bond donors (Lipinski definition) is 2. The molecule has 1 aliphatic rings. The van der Waals surface area contributed by atoms with Gasteiger partial charge in [-0.05, 0) is 37.1 Å². The van der Waals surface area contributed by atoms with Gasteiger partial charge in [0, 0.05) is 19.3 Å². The third kappa shape index (κ3) is 3.49. The first kappa shape index (κ1) is 13.8. The second-order valence-electron chi connectivity index (χ2n) is 5.36. The van der Waals surface area contributed by atoms with Gasteiger partial charge in [0.05, 0.1) is 17.8 Å². The number of nitrogens with one attached hydrogen (secondary N) is 2. The molecule has 1 unspecified atom stereocenters. The topological polar surface area (TPSA) is 59.0 Å². The Labute approximate surface area is 124 Å². The number of carbonyl (C=O) groups excluding carboxylic acids is 1. The molecule has 110 valence electrons. The summed E-state index contributed by atoms with van der Waals surface area (Å²) in [5.74, 6) is 0.299. The van der Waals surface area contributed by atoms with Crippen molar-refractivity contribution in [2.45, 2.75) is 12.8 Å². The lowest BCUT2D eigenvalue weighted by molar-refractivity contribution is -0.124. The third-order valence-electron chi connectivity index (χ3n) is 3.80. The maximum absolute atomic E-state index is 11.9. The van der Waals surface area contributed by atoms with E-state index in [1.54, 1.807) is 0 Å². The Morgan fingerprint density at radius 3 is 3.00 bits per heavy atom. The Morgan fingerprint density at radius 2 is 2.24 bits per heavy atom. The molecule has 2 heterocycles. The summed E-state index contributed by atoms with van der Waals surface area (Å²) in [4.78, 5) is 11.9. The molecule has 21 heavy (non-hydrogen) atoms. The monoisotopic (exact) mass is 284 g/mol. The number of hydrogen-bond acceptors (Lipinski definition) is 3.